The van der Waals surface area contributed by atoms with Crippen LogP contribution in [0.1, 0.15) is 39.2 Å². The average Bonchev–Trinajstić information content (AvgIpc) is 3.04. The van der Waals surface area contributed by atoms with Gasteiger partial charge in [0.05, 0.1) is 12.0 Å². The first kappa shape index (κ1) is 19.1. The van der Waals surface area contributed by atoms with Gasteiger partial charge in [-0.3, -0.25) is 4.79 Å². The van der Waals surface area contributed by atoms with Crippen LogP contribution in [-0.4, -0.2) is 47.2 Å². The van der Waals surface area contributed by atoms with E-state index < -0.39 is 11.9 Å². The van der Waals surface area contributed by atoms with Crippen molar-refractivity contribution in [1.29, 1.82) is 0 Å². The molecule has 1 fully saturated rings. The molecule has 1 aromatic carbocycles. The number of rotatable bonds is 7. The Balaban J connectivity index is 1.74. The molecule has 1 aromatic rings. The number of benzene rings is 1. The average molecular weight is 348 g/mol. The lowest BCUT2D eigenvalue weighted by molar-refractivity contribution is -0.141. The molecule has 1 saturated heterocycles. The molecule has 25 heavy (non-hydrogen) atoms. The number of hydrogen-bond donors (Lipinski definition) is 2. The Morgan fingerprint density at radius 3 is 2.52 bits per heavy atom. The van der Waals surface area contributed by atoms with Crippen LogP contribution < -0.4 is 10.1 Å². The number of aryl methyl sites for hydroxylation is 1. The summed E-state index contributed by atoms with van der Waals surface area (Å²) < 4.78 is 5.63. The van der Waals surface area contributed by atoms with E-state index in [-0.39, 0.29) is 18.2 Å². The number of nitrogens with one attached hydrogen (secondary N) is 1. The monoisotopic (exact) mass is 348 g/mol. The molecular weight excluding hydrogens is 320 g/mol. The number of hydrogen-bond acceptors (Lipinski definition) is 3. The first-order chi connectivity index (χ1) is 11.8. The van der Waals surface area contributed by atoms with E-state index in [9.17, 15) is 9.59 Å². The molecule has 2 unspecified atom stereocenters. The molecule has 1 aliphatic heterocycles. The summed E-state index contributed by atoms with van der Waals surface area (Å²) in [6.45, 7) is 6.77. The van der Waals surface area contributed by atoms with Crippen molar-refractivity contribution in [3.8, 4) is 5.75 Å². The molecule has 0 spiro atoms. The van der Waals surface area contributed by atoms with Gasteiger partial charge in [0, 0.05) is 19.1 Å². The van der Waals surface area contributed by atoms with Gasteiger partial charge >= 0.3 is 12.0 Å². The van der Waals surface area contributed by atoms with E-state index in [0.717, 1.165) is 18.6 Å². The van der Waals surface area contributed by atoms with Gasteiger partial charge in [-0.2, -0.15) is 0 Å². The largest absolute Gasteiger partial charge is 0.491 e. The normalized spacial score (nSPS) is 18.2. The number of carboxylic acid groups (broad SMARTS) is 1. The summed E-state index contributed by atoms with van der Waals surface area (Å²) in [7, 11) is 0. The fraction of sp³-hybridized carbons (Fsp3) is 0.579. The van der Waals surface area contributed by atoms with E-state index in [1.165, 1.54) is 5.56 Å². The van der Waals surface area contributed by atoms with Crippen LogP contribution in [0.25, 0.3) is 0 Å². The second-order valence-electron chi connectivity index (χ2n) is 6.97. The van der Waals surface area contributed by atoms with Crippen LogP contribution in [0.2, 0.25) is 0 Å². The number of carboxylic acids is 1. The number of likely N-dealkylation sites (tertiary alicyclic amines) is 1. The molecule has 138 valence electrons. The van der Waals surface area contributed by atoms with Gasteiger partial charge < -0.3 is 20.1 Å². The third-order valence-electron chi connectivity index (χ3n) is 4.36. The highest BCUT2D eigenvalue weighted by atomic mass is 16.5. The number of aliphatic carboxylic acids is 1. The third kappa shape index (κ3) is 5.96. The summed E-state index contributed by atoms with van der Waals surface area (Å²) in [4.78, 5) is 24.7. The summed E-state index contributed by atoms with van der Waals surface area (Å²) in [6, 6.07) is 7.89. The van der Waals surface area contributed by atoms with Gasteiger partial charge in [-0.1, -0.05) is 12.1 Å². The van der Waals surface area contributed by atoms with Crippen molar-refractivity contribution < 1.29 is 19.4 Å². The molecule has 6 heteroatoms. The van der Waals surface area contributed by atoms with E-state index in [1.807, 2.05) is 45.0 Å². The molecule has 0 radical (unpaired) electrons. The van der Waals surface area contributed by atoms with Gasteiger partial charge in [-0.05, 0) is 57.7 Å². The van der Waals surface area contributed by atoms with Crippen molar-refractivity contribution in [3.63, 3.8) is 0 Å². The lowest BCUT2D eigenvalue weighted by Gasteiger charge is -2.20. The van der Waals surface area contributed by atoms with Crippen molar-refractivity contribution in [2.45, 2.75) is 52.2 Å². The molecule has 2 amide bonds. The second-order valence-corrected chi connectivity index (χ2v) is 6.97. The van der Waals surface area contributed by atoms with E-state index in [0.29, 0.717) is 19.5 Å². The maximum atomic E-state index is 12.2. The lowest BCUT2D eigenvalue weighted by Crippen LogP contribution is -2.43. The highest BCUT2D eigenvalue weighted by Crippen LogP contribution is 2.17. The van der Waals surface area contributed by atoms with Crippen LogP contribution in [-0.2, 0) is 11.2 Å². The van der Waals surface area contributed by atoms with Crippen LogP contribution in [0, 0.1) is 5.92 Å². The minimum atomic E-state index is -0.826. The Kier molecular flexibility index (Phi) is 6.67. The zero-order chi connectivity index (χ0) is 18.4. The number of ether oxygens (including phenoxy) is 1. The van der Waals surface area contributed by atoms with Gasteiger partial charge in [-0.25, -0.2) is 4.79 Å². The van der Waals surface area contributed by atoms with Gasteiger partial charge in [0.1, 0.15) is 5.75 Å². The van der Waals surface area contributed by atoms with Gasteiger partial charge in [0.25, 0.3) is 0 Å². The second kappa shape index (κ2) is 8.74. The van der Waals surface area contributed by atoms with Gasteiger partial charge in [0.15, 0.2) is 0 Å². The van der Waals surface area contributed by atoms with E-state index in [4.69, 9.17) is 9.84 Å². The number of urea groups is 1. The summed E-state index contributed by atoms with van der Waals surface area (Å²) in [5.41, 5.74) is 1.20. The minimum Gasteiger partial charge on any atom is -0.491 e. The fourth-order valence-corrected chi connectivity index (χ4v) is 2.91. The third-order valence-corrected chi connectivity index (χ3v) is 4.36. The highest BCUT2D eigenvalue weighted by molar-refractivity contribution is 5.77. The standard InChI is InChI=1S/C19H28N2O4/c1-13(2)25-17-8-6-15(7-9-17)5-4-14(3)20-19(24)21-11-10-16(12-21)18(22)23/h6-9,13-14,16H,4-5,10-12H2,1-3H3,(H,20,24)(H,22,23). The van der Waals surface area contributed by atoms with Gasteiger partial charge in [-0.15, -0.1) is 0 Å². The molecule has 2 rings (SSSR count). The lowest BCUT2D eigenvalue weighted by atomic mass is 10.1. The number of nitrogens with zero attached hydrogens (tertiary/aromatic N) is 1. The van der Waals surface area contributed by atoms with Crippen LogP contribution in [0.15, 0.2) is 24.3 Å². The predicted octanol–water partition coefficient (Wildman–Crippen LogP) is 2.91. The van der Waals surface area contributed by atoms with Crippen molar-refractivity contribution in [3.05, 3.63) is 29.8 Å². The molecular formula is C19H28N2O4. The van der Waals surface area contributed by atoms with Crippen LogP contribution in [0.4, 0.5) is 4.79 Å². The van der Waals surface area contributed by atoms with Crippen molar-refractivity contribution >= 4 is 12.0 Å². The van der Waals surface area contributed by atoms with Crippen molar-refractivity contribution in [2.75, 3.05) is 13.1 Å². The molecule has 0 bridgehead atoms. The van der Waals surface area contributed by atoms with Crippen molar-refractivity contribution in [2.24, 2.45) is 5.92 Å². The first-order valence-electron chi connectivity index (χ1n) is 8.89. The molecule has 0 aliphatic carbocycles. The first-order valence-corrected chi connectivity index (χ1v) is 8.89. The molecule has 0 aromatic heterocycles. The Morgan fingerprint density at radius 1 is 1.28 bits per heavy atom. The maximum absolute atomic E-state index is 12.2. The minimum absolute atomic E-state index is 0.0305. The Morgan fingerprint density at radius 2 is 1.96 bits per heavy atom. The van der Waals surface area contributed by atoms with Crippen molar-refractivity contribution in [1.82, 2.24) is 10.2 Å². The van der Waals surface area contributed by atoms with Crippen LogP contribution in [0.3, 0.4) is 0 Å². The topological polar surface area (TPSA) is 78.9 Å². The van der Waals surface area contributed by atoms with Crippen LogP contribution in [0.5, 0.6) is 5.75 Å². The van der Waals surface area contributed by atoms with E-state index >= 15 is 0 Å². The summed E-state index contributed by atoms with van der Waals surface area (Å²) in [5.74, 6) is -0.400. The van der Waals surface area contributed by atoms with Gasteiger partial charge in [0.2, 0.25) is 0 Å². The summed E-state index contributed by atoms with van der Waals surface area (Å²) in [6.07, 6.45) is 2.38. The van der Waals surface area contributed by atoms with Crippen LogP contribution >= 0.6 is 0 Å². The number of carbonyl (C=O) groups is 2. The molecule has 1 heterocycles. The maximum Gasteiger partial charge on any atom is 0.317 e. The predicted molar refractivity (Wildman–Crippen MR) is 95.8 cm³/mol. The molecule has 6 nitrogen and oxygen atoms in total. The molecule has 2 N–H and O–H groups in total. The SMILES string of the molecule is CC(CCc1ccc(OC(C)C)cc1)NC(=O)N1CCC(C(=O)O)C1. The number of carbonyl (C=O) groups excluding carboxylic acids is 1. The smallest absolute Gasteiger partial charge is 0.317 e. The highest BCUT2D eigenvalue weighted by Gasteiger charge is 2.31. The Labute approximate surface area is 149 Å². The molecule has 0 saturated carbocycles. The van der Waals surface area contributed by atoms with E-state index in [2.05, 4.69) is 5.32 Å². The zero-order valence-electron chi connectivity index (χ0n) is 15.2. The Bertz CT molecular complexity index is 586. The molecule has 1 aliphatic rings. The quantitative estimate of drug-likeness (QED) is 0.794. The Hall–Kier alpha value is -2.24. The molecule has 2 atom stereocenters. The summed E-state index contributed by atoms with van der Waals surface area (Å²) in [5, 5.41) is 12.0. The summed E-state index contributed by atoms with van der Waals surface area (Å²) >= 11 is 0. The fourth-order valence-electron chi connectivity index (χ4n) is 2.91. The van der Waals surface area contributed by atoms with E-state index in [1.54, 1.807) is 4.90 Å². The zero-order valence-corrected chi connectivity index (χ0v) is 15.2. The number of amides is 2.